The van der Waals surface area contributed by atoms with Crippen LogP contribution in [0.1, 0.15) is 52.4 Å². The molecule has 0 aliphatic carbocycles. The van der Waals surface area contributed by atoms with Gasteiger partial charge < -0.3 is 16.0 Å². The van der Waals surface area contributed by atoms with Gasteiger partial charge in [0.15, 0.2) is 0 Å². The van der Waals surface area contributed by atoms with Crippen LogP contribution in [0.4, 0.5) is 0 Å². The van der Waals surface area contributed by atoms with Crippen LogP contribution in [0.3, 0.4) is 0 Å². The molecule has 0 radical (unpaired) electrons. The summed E-state index contributed by atoms with van der Waals surface area (Å²) in [4.78, 5) is 11.8. The highest BCUT2D eigenvalue weighted by Gasteiger charge is 2.22. The van der Waals surface area contributed by atoms with Crippen LogP contribution in [0.2, 0.25) is 0 Å². The molecule has 1 aliphatic rings. The summed E-state index contributed by atoms with van der Waals surface area (Å²) in [6.45, 7) is 6.78. The van der Waals surface area contributed by atoms with Gasteiger partial charge in [-0.05, 0) is 13.3 Å². The summed E-state index contributed by atoms with van der Waals surface area (Å²) in [5.74, 6) is 0.142. The zero-order valence-corrected chi connectivity index (χ0v) is 11.9. The summed E-state index contributed by atoms with van der Waals surface area (Å²) < 4.78 is 0. The number of nitrogens with one attached hydrogen (secondary N) is 3. The monoisotopic (exact) mass is 255 g/mol. The second-order valence-corrected chi connectivity index (χ2v) is 5.33. The van der Waals surface area contributed by atoms with Crippen molar-refractivity contribution in [1.29, 1.82) is 0 Å². The van der Waals surface area contributed by atoms with Gasteiger partial charge in [0.1, 0.15) is 0 Å². The molecule has 2 unspecified atom stereocenters. The molecule has 18 heavy (non-hydrogen) atoms. The smallest absolute Gasteiger partial charge is 0.238 e. The maximum atomic E-state index is 11.8. The number of carbonyl (C=O) groups is 1. The molecule has 0 bridgehead atoms. The van der Waals surface area contributed by atoms with E-state index in [4.69, 9.17) is 0 Å². The summed E-state index contributed by atoms with van der Waals surface area (Å²) in [7, 11) is 0. The Morgan fingerprint density at radius 2 is 1.83 bits per heavy atom. The molecule has 4 nitrogen and oxygen atoms in total. The van der Waals surface area contributed by atoms with Crippen LogP contribution in [0.15, 0.2) is 0 Å². The lowest BCUT2D eigenvalue weighted by Crippen LogP contribution is -2.58. The van der Waals surface area contributed by atoms with Crippen molar-refractivity contribution in [1.82, 2.24) is 16.0 Å². The second-order valence-electron chi connectivity index (χ2n) is 5.33. The lowest BCUT2D eigenvalue weighted by atomic mass is 10.1. The fourth-order valence-electron chi connectivity index (χ4n) is 2.21. The first kappa shape index (κ1) is 15.4. The van der Waals surface area contributed by atoms with Crippen molar-refractivity contribution in [3.05, 3.63) is 0 Å². The largest absolute Gasteiger partial charge is 0.355 e. The van der Waals surface area contributed by atoms with Crippen LogP contribution in [0, 0.1) is 0 Å². The molecular formula is C14H29N3O. The molecule has 0 saturated carbocycles. The first-order valence-electron chi connectivity index (χ1n) is 7.48. The molecule has 1 amide bonds. The number of rotatable bonds is 8. The van der Waals surface area contributed by atoms with E-state index in [-0.39, 0.29) is 11.9 Å². The van der Waals surface area contributed by atoms with Crippen LogP contribution >= 0.6 is 0 Å². The first-order chi connectivity index (χ1) is 8.74. The Morgan fingerprint density at radius 1 is 1.11 bits per heavy atom. The molecule has 2 atom stereocenters. The van der Waals surface area contributed by atoms with Crippen LogP contribution in [-0.2, 0) is 4.79 Å². The molecule has 4 heteroatoms. The lowest BCUT2D eigenvalue weighted by molar-refractivity contribution is -0.123. The summed E-state index contributed by atoms with van der Waals surface area (Å²) >= 11 is 0. The van der Waals surface area contributed by atoms with Gasteiger partial charge in [0.25, 0.3) is 0 Å². The maximum absolute atomic E-state index is 11.8. The zero-order valence-electron chi connectivity index (χ0n) is 11.9. The van der Waals surface area contributed by atoms with Gasteiger partial charge >= 0.3 is 0 Å². The SMILES string of the molecule is CCCCCCCCNC(=O)C1CNC(C)CN1. The van der Waals surface area contributed by atoms with Gasteiger partial charge in [-0.15, -0.1) is 0 Å². The molecule has 0 aromatic heterocycles. The minimum Gasteiger partial charge on any atom is -0.355 e. The molecule has 1 fully saturated rings. The topological polar surface area (TPSA) is 53.2 Å². The van der Waals surface area contributed by atoms with Gasteiger partial charge in [0, 0.05) is 25.7 Å². The predicted molar refractivity (Wildman–Crippen MR) is 75.6 cm³/mol. The molecule has 1 heterocycles. The Kier molecular flexibility index (Phi) is 8.01. The van der Waals surface area contributed by atoms with Gasteiger partial charge in [-0.2, -0.15) is 0 Å². The molecule has 0 spiro atoms. The predicted octanol–water partition coefficient (Wildman–Crippen LogP) is 1.41. The minimum atomic E-state index is -0.0544. The molecule has 3 N–H and O–H groups in total. The van der Waals surface area contributed by atoms with E-state index in [1.807, 2.05) is 0 Å². The summed E-state index contributed by atoms with van der Waals surface area (Å²) in [5, 5.41) is 9.59. The van der Waals surface area contributed by atoms with Gasteiger partial charge in [0.2, 0.25) is 5.91 Å². The fourth-order valence-corrected chi connectivity index (χ4v) is 2.21. The number of amides is 1. The van der Waals surface area contributed by atoms with Gasteiger partial charge in [0.05, 0.1) is 6.04 Å². The van der Waals surface area contributed by atoms with E-state index in [9.17, 15) is 4.79 Å². The molecule has 0 aromatic carbocycles. The quantitative estimate of drug-likeness (QED) is 0.575. The number of unbranched alkanes of at least 4 members (excludes halogenated alkanes) is 5. The third kappa shape index (κ3) is 6.36. The normalized spacial score (nSPS) is 23.9. The Bertz CT molecular complexity index is 225. The number of hydrogen-bond acceptors (Lipinski definition) is 3. The highest BCUT2D eigenvalue weighted by Crippen LogP contribution is 2.04. The van der Waals surface area contributed by atoms with Crippen LogP contribution < -0.4 is 16.0 Å². The molecule has 1 rings (SSSR count). The van der Waals surface area contributed by atoms with E-state index < -0.39 is 0 Å². The van der Waals surface area contributed by atoms with E-state index in [2.05, 4.69) is 29.8 Å². The second kappa shape index (κ2) is 9.34. The van der Waals surface area contributed by atoms with Crippen LogP contribution in [-0.4, -0.2) is 37.6 Å². The van der Waals surface area contributed by atoms with E-state index >= 15 is 0 Å². The van der Waals surface area contributed by atoms with Crippen molar-refractivity contribution in [3.8, 4) is 0 Å². The van der Waals surface area contributed by atoms with Gasteiger partial charge in [-0.1, -0.05) is 39.0 Å². The van der Waals surface area contributed by atoms with E-state index in [0.29, 0.717) is 6.04 Å². The molecule has 106 valence electrons. The standard InChI is InChI=1S/C14H29N3O/c1-3-4-5-6-7-8-9-15-14(18)13-11-16-12(2)10-17-13/h12-13,16-17H,3-11H2,1-2H3,(H,15,18). The van der Waals surface area contributed by atoms with Crippen LogP contribution in [0.5, 0.6) is 0 Å². The summed E-state index contributed by atoms with van der Waals surface area (Å²) in [6.07, 6.45) is 7.58. The Morgan fingerprint density at radius 3 is 2.50 bits per heavy atom. The van der Waals surface area contributed by atoms with Crippen molar-refractivity contribution >= 4 is 5.91 Å². The van der Waals surface area contributed by atoms with Gasteiger partial charge in [-0.3, -0.25) is 4.79 Å². The van der Waals surface area contributed by atoms with Crippen molar-refractivity contribution in [2.45, 2.75) is 64.5 Å². The highest BCUT2D eigenvalue weighted by molar-refractivity contribution is 5.82. The third-order valence-corrected chi connectivity index (χ3v) is 3.49. The van der Waals surface area contributed by atoms with Crippen molar-refractivity contribution in [2.24, 2.45) is 0 Å². The lowest BCUT2D eigenvalue weighted by Gasteiger charge is -2.28. The van der Waals surface area contributed by atoms with Crippen LogP contribution in [0.25, 0.3) is 0 Å². The fraction of sp³-hybridized carbons (Fsp3) is 0.929. The zero-order chi connectivity index (χ0) is 13.2. The first-order valence-corrected chi connectivity index (χ1v) is 7.48. The molecule has 1 saturated heterocycles. The maximum Gasteiger partial charge on any atom is 0.238 e. The van der Waals surface area contributed by atoms with E-state index in [1.165, 1.54) is 32.1 Å². The minimum absolute atomic E-state index is 0.0544. The van der Waals surface area contributed by atoms with E-state index in [1.54, 1.807) is 0 Å². The summed E-state index contributed by atoms with van der Waals surface area (Å²) in [5.41, 5.74) is 0. The number of carbonyl (C=O) groups excluding carboxylic acids is 1. The van der Waals surface area contributed by atoms with Gasteiger partial charge in [-0.25, -0.2) is 0 Å². The Balaban J connectivity index is 1.96. The van der Waals surface area contributed by atoms with Crippen molar-refractivity contribution in [3.63, 3.8) is 0 Å². The molecule has 0 aromatic rings. The Hall–Kier alpha value is -0.610. The average Bonchev–Trinajstić information content (AvgIpc) is 2.38. The van der Waals surface area contributed by atoms with Crippen molar-refractivity contribution in [2.75, 3.05) is 19.6 Å². The average molecular weight is 255 g/mol. The molecular weight excluding hydrogens is 226 g/mol. The highest BCUT2D eigenvalue weighted by atomic mass is 16.2. The Labute approximate surface area is 111 Å². The van der Waals surface area contributed by atoms with Crippen molar-refractivity contribution < 1.29 is 4.79 Å². The summed E-state index contributed by atoms with van der Waals surface area (Å²) in [6, 6.07) is 0.411. The number of hydrogen-bond donors (Lipinski definition) is 3. The molecule has 1 aliphatic heterocycles. The number of piperazine rings is 1. The van der Waals surface area contributed by atoms with E-state index in [0.717, 1.165) is 26.1 Å². The third-order valence-electron chi connectivity index (χ3n) is 3.49.